The van der Waals surface area contributed by atoms with Gasteiger partial charge in [0.1, 0.15) is 0 Å². The van der Waals surface area contributed by atoms with Gasteiger partial charge < -0.3 is 16.0 Å². The molecule has 1 aliphatic heterocycles. The van der Waals surface area contributed by atoms with Gasteiger partial charge in [-0.25, -0.2) is 0 Å². The summed E-state index contributed by atoms with van der Waals surface area (Å²) in [5.41, 5.74) is 8.88. The second-order valence-corrected chi connectivity index (χ2v) is 9.19. The molecule has 1 aromatic carbocycles. The van der Waals surface area contributed by atoms with Crippen LogP contribution in [0.1, 0.15) is 64.9 Å². The molecule has 0 spiro atoms. The highest BCUT2D eigenvalue weighted by Crippen LogP contribution is 2.27. The Morgan fingerprint density at radius 2 is 1.64 bits per heavy atom. The van der Waals surface area contributed by atoms with Crippen LogP contribution >= 0.6 is 24.8 Å². The second kappa shape index (κ2) is 10.7. The summed E-state index contributed by atoms with van der Waals surface area (Å²) in [7, 11) is 0. The van der Waals surface area contributed by atoms with Gasteiger partial charge in [0, 0.05) is 36.8 Å². The van der Waals surface area contributed by atoms with Crippen LogP contribution < -0.4 is 16.0 Å². The number of hydrogen-bond donors (Lipinski definition) is 2. The van der Waals surface area contributed by atoms with E-state index in [-0.39, 0.29) is 48.1 Å². The van der Waals surface area contributed by atoms with Crippen molar-refractivity contribution in [1.29, 1.82) is 0 Å². The Bertz CT molecular complexity index is 607. The summed E-state index contributed by atoms with van der Waals surface area (Å²) >= 11 is 0. The lowest BCUT2D eigenvalue weighted by atomic mass is 9.85. The molecule has 3 rings (SSSR count). The number of carbonyl (C=O) groups is 1. The number of nitrogens with one attached hydrogen (secondary N) is 1. The Hall–Kier alpha value is -0.970. The van der Waals surface area contributed by atoms with Gasteiger partial charge in [-0.1, -0.05) is 39.3 Å². The van der Waals surface area contributed by atoms with Gasteiger partial charge in [-0.15, -0.1) is 24.8 Å². The van der Waals surface area contributed by atoms with E-state index in [2.05, 4.69) is 55.3 Å². The number of amides is 1. The predicted octanol–water partition coefficient (Wildman–Crippen LogP) is 4.43. The summed E-state index contributed by atoms with van der Waals surface area (Å²) in [4.78, 5) is 15.0. The highest BCUT2D eigenvalue weighted by atomic mass is 35.5. The summed E-state index contributed by atoms with van der Waals surface area (Å²) in [6, 6.07) is 9.49. The fourth-order valence-electron chi connectivity index (χ4n) is 4.24. The van der Waals surface area contributed by atoms with Crippen LogP contribution in [0.5, 0.6) is 0 Å². The van der Waals surface area contributed by atoms with E-state index >= 15 is 0 Å². The van der Waals surface area contributed by atoms with Gasteiger partial charge in [-0.05, 0) is 55.2 Å². The first-order valence-corrected chi connectivity index (χ1v) is 10.2. The Morgan fingerprint density at radius 3 is 2.18 bits per heavy atom. The largest absolute Gasteiger partial charge is 0.371 e. The number of anilines is 1. The standard InChI is InChI=1S/C22H35N3O.2ClH/c1-22(2,3)17-7-9-20(10-8-17)25-13-11-19(12-14-25)24-21(26)16-5-4-6-18(23)15-16;;/h7-10,16,18-19H,4-6,11-15,23H2,1-3H3,(H,24,26);2*1H. The molecule has 1 saturated carbocycles. The number of nitrogens with two attached hydrogens (primary N) is 1. The SMILES string of the molecule is CC(C)(C)c1ccc(N2CCC(NC(=O)C3CCCC(N)C3)CC2)cc1.Cl.Cl. The van der Waals surface area contributed by atoms with Crippen molar-refractivity contribution in [2.75, 3.05) is 18.0 Å². The minimum absolute atomic E-state index is 0. The highest BCUT2D eigenvalue weighted by Gasteiger charge is 2.28. The van der Waals surface area contributed by atoms with Gasteiger partial charge in [-0.2, -0.15) is 0 Å². The third kappa shape index (κ3) is 6.53. The van der Waals surface area contributed by atoms with Gasteiger partial charge in [0.05, 0.1) is 0 Å². The molecule has 6 heteroatoms. The third-order valence-electron chi connectivity index (χ3n) is 6.03. The normalized spacial score (nSPS) is 23.4. The minimum atomic E-state index is 0. The molecule has 1 aliphatic carbocycles. The van der Waals surface area contributed by atoms with Crippen molar-refractivity contribution in [3.05, 3.63) is 29.8 Å². The van der Waals surface area contributed by atoms with Gasteiger partial charge in [-0.3, -0.25) is 4.79 Å². The van der Waals surface area contributed by atoms with Crippen molar-refractivity contribution >= 4 is 36.4 Å². The van der Waals surface area contributed by atoms with E-state index in [0.29, 0.717) is 6.04 Å². The van der Waals surface area contributed by atoms with Crippen LogP contribution in [0, 0.1) is 5.92 Å². The first-order chi connectivity index (χ1) is 12.3. The van der Waals surface area contributed by atoms with E-state index < -0.39 is 0 Å². The number of piperidine rings is 1. The first kappa shape index (κ1) is 25.1. The average molecular weight is 430 g/mol. The lowest BCUT2D eigenvalue weighted by Crippen LogP contribution is -2.47. The van der Waals surface area contributed by atoms with Gasteiger partial charge in [0.2, 0.25) is 5.91 Å². The Morgan fingerprint density at radius 1 is 1.04 bits per heavy atom. The van der Waals surface area contributed by atoms with Crippen molar-refractivity contribution in [3.8, 4) is 0 Å². The highest BCUT2D eigenvalue weighted by molar-refractivity contribution is 5.85. The first-order valence-electron chi connectivity index (χ1n) is 10.2. The summed E-state index contributed by atoms with van der Waals surface area (Å²) < 4.78 is 0. The molecule has 0 aromatic heterocycles. The smallest absolute Gasteiger partial charge is 0.223 e. The average Bonchev–Trinajstić information content (AvgIpc) is 2.62. The van der Waals surface area contributed by atoms with Crippen LogP contribution in [0.25, 0.3) is 0 Å². The van der Waals surface area contributed by atoms with Gasteiger partial charge in [0.15, 0.2) is 0 Å². The Balaban J connectivity index is 0.00000196. The molecule has 1 saturated heterocycles. The predicted molar refractivity (Wildman–Crippen MR) is 123 cm³/mol. The molecule has 0 bridgehead atoms. The molecule has 0 radical (unpaired) electrons. The van der Waals surface area contributed by atoms with E-state index in [1.165, 1.54) is 11.3 Å². The monoisotopic (exact) mass is 429 g/mol. The third-order valence-corrected chi connectivity index (χ3v) is 6.03. The quantitative estimate of drug-likeness (QED) is 0.746. The molecule has 1 amide bonds. The van der Waals surface area contributed by atoms with Crippen molar-refractivity contribution < 1.29 is 4.79 Å². The summed E-state index contributed by atoms with van der Waals surface area (Å²) in [5.74, 6) is 0.356. The zero-order valence-electron chi connectivity index (χ0n) is 17.4. The van der Waals surface area contributed by atoms with Crippen LogP contribution in [-0.2, 0) is 10.2 Å². The molecule has 2 fully saturated rings. The number of nitrogens with zero attached hydrogens (tertiary/aromatic N) is 1. The molecule has 28 heavy (non-hydrogen) atoms. The molecule has 2 unspecified atom stereocenters. The fraction of sp³-hybridized carbons (Fsp3) is 0.682. The van der Waals surface area contributed by atoms with Crippen LogP contribution in [0.4, 0.5) is 5.69 Å². The Kier molecular flexibility index (Phi) is 9.58. The molecule has 3 N–H and O–H groups in total. The topological polar surface area (TPSA) is 58.4 Å². The van der Waals surface area contributed by atoms with E-state index in [1.807, 2.05) is 0 Å². The van der Waals surface area contributed by atoms with E-state index in [4.69, 9.17) is 5.73 Å². The molecule has 1 heterocycles. The zero-order chi connectivity index (χ0) is 18.7. The van der Waals surface area contributed by atoms with Gasteiger partial charge >= 0.3 is 0 Å². The maximum atomic E-state index is 12.5. The maximum absolute atomic E-state index is 12.5. The Labute approximate surface area is 182 Å². The van der Waals surface area contributed by atoms with Crippen molar-refractivity contribution in [3.63, 3.8) is 0 Å². The molecule has 1 aromatic rings. The molecule has 2 atom stereocenters. The molecule has 4 nitrogen and oxygen atoms in total. The molecule has 2 aliphatic rings. The number of rotatable bonds is 3. The van der Waals surface area contributed by atoms with Crippen LogP contribution in [0.3, 0.4) is 0 Å². The minimum Gasteiger partial charge on any atom is -0.371 e. The second-order valence-electron chi connectivity index (χ2n) is 9.19. The summed E-state index contributed by atoms with van der Waals surface area (Å²) in [6.45, 7) is 8.74. The van der Waals surface area contributed by atoms with Crippen molar-refractivity contribution in [2.45, 2.75) is 76.8 Å². The summed E-state index contributed by atoms with van der Waals surface area (Å²) in [5, 5.41) is 3.29. The lowest BCUT2D eigenvalue weighted by molar-refractivity contribution is -0.127. The summed E-state index contributed by atoms with van der Waals surface area (Å²) in [6.07, 6.45) is 6.04. The maximum Gasteiger partial charge on any atom is 0.223 e. The number of hydrogen-bond acceptors (Lipinski definition) is 3. The van der Waals surface area contributed by atoms with E-state index in [9.17, 15) is 4.79 Å². The van der Waals surface area contributed by atoms with Crippen molar-refractivity contribution in [1.82, 2.24) is 5.32 Å². The lowest BCUT2D eigenvalue weighted by Gasteiger charge is -2.35. The molecular formula is C22H37Cl2N3O. The number of halogens is 2. The van der Waals surface area contributed by atoms with Gasteiger partial charge in [0.25, 0.3) is 0 Å². The van der Waals surface area contributed by atoms with Crippen molar-refractivity contribution in [2.24, 2.45) is 11.7 Å². The van der Waals surface area contributed by atoms with Crippen LogP contribution in [0.2, 0.25) is 0 Å². The fourth-order valence-corrected chi connectivity index (χ4v) is 4.24. The number of benzene rings is 1. The molecular weight excluding hydrogens is 393 g/mol. The molecule has 160 valence electrons. The number of carbonyl (C=O) groups excluding carboxylic acids is 1. The van der Waals surface area contributed by atoms with Crippen LogP contribution in [-0.4, -0.2) is 31.1 Å². The van der Waals surface area contributed by atoms with Crippen LogP contribution in [0.15, 0.2) is 24.3 Å². The van der Waals surface area contributed by atoms with E-state index in [0.717, 1.165) is 51.6 Å². The zero-order valence-corrected chi connectivity index (χ0v) is 19.1. The van der Waals surface area contributed by atoms with E-state index in [1.54, 1.807) is 0 Å².